The van der Waals surface area contributed by atoms with Crippen LogP contribution in [0.5, 0.6) is 17.4 Å². The Labute approximate surface area is 105 Å². The van der Waals surface area contributed by atoms with Crippen LogP contribution in [-0.2, 0) is 6.18 Å². The summed E-state index contributed by atoms with van der Waals surface area (Å²) in [7, 11) is 1.48. The number of methoxy groups -OCH3 is 1. The van der Waals surface area contributed by atoms with E-state index in [1.54, 1.807) is 6.07 Å². The third-order valence-corrected chi connectivity index (χ3v) is 2.97. The zero-order valence-electron chi connectivity index (χ0n) is 9.19. The average Bonchev–Trinajstić information content (AvgIpc) is 2.77. The van der Waals surface area contributed by atoms with Crippen molar-refractivity contribution in [3.8, 4) is 17.4 Å². The normalized spacial score (nSPS) is 11.3. The van der Waals surface area contributed by atoms with Gasteiger partial charge in [0.25, 0.3) is 0 Å². The number of ether oxygens (including phenoxy) is 2. The van der Waals surface area contributed by atoms with Crippen LogP contribution in [0.1, 0.15) is 4.88 Å². The maximum atomic E-state index is 12.4. The lowest BCUT2D eigenvalue weighted by Gasteiger charge is -2.04. The van der Waals surface area contributed by atoms with Gasteiger partial charge in [0, 0.05) is 23.7 Å². The standard InChI is InChI=1S/C11H8F3NO2S/c1-16-7-2-3-15-10(5-7)17-8-4-9(18-6-8)11(12,13)14/h2-6H,1H3. The molecule has 0 radical (unpaired) electrons. The lowest BCUT2D eigenvalue weighted by molar-refractivity contribution is -0.134. The molecule has 0 spiro atoms. The summed E-state index contributed by atoms with van der Waals surface area (Å²) < 4.78 is 47.3. The molecule has 2 aromatic rings. The van der Waals surface area contributed by atoms with Gasteiger partial charge in [-0.15, -0.1) is 11.3 Å². The van der Waals surface area contributed by atoms with E-state index in [2.05, 4.69) is 4.98 Å². The van der Waals surface area contributed by atoms with Gasteiger partial charge >= 0.3 is 6.18 Å². The number of pyridine rings is 1. The molecule has 0 aliphatic carbocycles. The van der Waals surface area contributed by atoms with E-state index in [1.165, 1.54) is 24.8 Å². The molecule has 0 saturated heterocycles. The van der Waals surface area contributed by atoms with Crippen LogP contribution in [0.4, 0.5) is 13.2 Å². The molecule has 0 aliphatic rings. The summed E-state index contributed by atoms with van der Waals surface area (Å²) in [6.07, 6.45) is -2.90. The zero-order chi connectivity index (χ0) is 13.2. The maximum absolute atomic E-state index is 12.4. The van der Waals surface area contributed by atoms with Gasteiger partial charge in [0.15, 0.2) is 0 Å². The first-order valence-electron chi connectivity index (χ1n) is 4.82. The summed E-state index contributed by atoms with van der Waals surface area (Å²) in [5.41, 5.74) is 0. The third-order valence-electron chi connectivity index (χ3n) is 2.02. The first-order chi connectivity index (χ1) is 8.49. The number of halogens is 3. The van der Waals surface area contributed by atoms with E-state index in [0.29, 0.717) is 17.1 Å². The van der Waals surface area contributed by atoms with Gasteiger partial charge in [-0.25, -0.2) is 4.98 Å². The molecule has 0 atom stereocenters. The third kappa shape index (κ3) is 2.92. The van der Waals surface area contributed by atoms with Crippen LogP contribution >= 0.6 is 11.3 Å². The fraction of sp³-hybridized carbons (Fsp3) is 0.182. The second-order valence-corrected chi connectivity index (χ2v) is 4.19. The smallest absolute Gasteiger partial charge is 0.425 e. The molecule has 3 nitrogen and oxygen atoms in total. The fourth-order valence-corrected chi connectivity index (χ4v) is 1.89. The Bertz CT molecular complexity index is 539. The van der Waals surface area contributed by atoms with Crippen molar-refractivity contribution in [2.75, 3.05) is 7.11 Å². The molecule has 96 valence electrons. The summed E-state index contributed by atoms with van der Waals surface area (Å²) in [6.45, 7) is 0. The van der Waals surface area contributed by atoms with Crippen molar-refractivity contribution in [3.63, 3.8) is 0 Å². The second kappa shape index (κ2) is 4.85. The molecule has 0 bridgehead atoms. The molecule has 0 aromatic carbocycles. The minimum atomic E-state index is -4.35. The predicted octanol–water partition coefficient (Wildman–Crippen LogP) is 3.96. The molecular weight excluding hydrogens is 267 g/mol. The van der Waals surface area contributed by atoms with Crippen molar-refractivity contribution in [2.45, 2.75) is 6.18 Å². The Morgan fingerprint density at radius 3 is 2.61 bits per heavy atom. The highest BCUT2D eigenvalue weighted by Crippen LogP contribution is 2.37. The molecule has 2 rings (SSSR count). The number of rotatable bonds is 3. The van der Waals surface area contributed by atoms with E-state index in [-0.39, 0.29) is 11.6 Å². The van der Waals surface area contributed by atoms with Gasteiger partial charge in [-0.1, -0.05) is 0 Å². The van der Waals surface area contributed by atoms with Crippen LogP contribution in [0, 0.1) is 0 Å². The van der Waals surface area contributed by atoms with Crippen LogP contribution in [0.25, 0.3) is 0 Å². The minimum Gasteiger partial charge on any atom is -0.497 e. The van der Waals surface area contributed by atoms with Crippen LogP contribution in [0.2, 0.25) is 0 Å². The van der Waals surface area contributed by atoms with Crippen molar-refractivity contribution >= 4 is 11.3 Å². The van der Waals surface area contributed by atoms with E-state index in [9.17, 15) is 13.2 Å². The summed E-state index contributed by atoms with van der Waals surface area (Å²) in [6, 6.07) is 4.04. The lowest BCUT2D eigenvalue weighted by Crippen LogP contribution is -2.00. The number of hydrogen-bond donors (Lipinski definition) is 0. The molecular formula is C11H8F3NO2S. The predicted molar refractivity (Wildman–Crippen MR) is 60.2 cm³/mol. The Kier molecular flexibility index (Phi) is 3.42. The number of hydrogen-bond acceptors (Lipinski definition) is 4. The molecule has 2 aromatic heterocycles. The second-order valence-electron chi connectivity index (χ2n) is 3.28. The fourth-order valence-electron chi connectivity index (χ4n) is 1.22. The summed E-state index contributed by atoms with van der Waals surface area (Å²) in [5, 5.41) is 1.28. The molecule has 0 unspecified atom stereocenters. The monoisotopic (exact) mass is 275 g/mol. The Morgan fingerprint density at radius 1 is 1.22 bits per heavy atom. The van der Waals surface area contributed by atoms with Crippen LogP contribution in [-0.4, -0.2) is 12.1 Å². The van der Waals surface area contributed by atoms with E-state index < -0.39 is 11.1 Å². The van der Waals surface area contributed by atoms with Crippen LogP contribution < -0.4 is 9.47 Å². The van der Waals surface area contributed by atoms with Gasteiger partial charge in [0.2, 0.25) is 5.88 Å². The highest BCUT2D eigenvalue weighted by Gasteiger charge is 2.32. The van der Waals surface area contributed by atoms with E-state index >= 15 is 0 Å². The molecule has 18 heavy (non-hydrogen) atoms. The van der Waals surface area contributed by atoms with Gasteiger partial charge in [-0.3, -0.25) is 0 Å². The number of thiophene rings is 1. The van der Waals surface area contributed by atoms with E-state index in [0.717, 1.165) is 6.07 Å². The number of nitrogens with zero attached hydrogens (tertiary/aromatic N) is 1. The average molecular weight is 275 g/mol. The molecule has 0 aliphatic heterocycles. The SMILES string of the molecule is COc1ccnc(Oc2csc(C(F)(F)F)c2)c1. The van der Waals surface area contributed by atoms with Gasteiger partial charge in [-0.2, -0.15) is 13.2 Å². The minimum absolute atomic E-state index is 0.105. The highest BCUT2D eigenvalue weighted by molar-refractivity contribution is 7.10. The van der Waals surface area contributed by atoms with E-state index in [4.69, 9.17) is 9.47 Å². The van der Waals surface area contributed by atoms with Crippen molar-refractivity contribution < 1.29 is 22.6 Å². The van der Waals surface area contributed by atoms with Gasteiger partial charge in [0.05, 0.1) is 7.11 Å². The lowest BCUT2D eigenvalue weighted by atomic mass is 10.4. The zero-order valence-corrected chi connectivity index (χ0v) is 10.0. The number of alkyl halides is 3. The molecule has 0 fully saturated rings. The van der Waals surface area contributed by atoms with Gasteiger partial charge in [-0.05, 0) is 6.07 Å². The molecule has 0 saturated carbocycles. The van der Waals surface area contributed by atoms with Crippen molar-refractivity contribution in [2.24, 2.45) is 0 Å². The Hall–Kier alpha value is -1.76. The van der Waals surface area contributed by atoms with Gasteiger partial charge < -0.3 is 9.47 Å². The quantitative estimate of drug-likeness (QED) is 0.849. The topological polar surface area (TPSA) is 31.4 Å². The molecule has 0 N–H and O–H groups in total. The van der Waals surface area contributed by atoms with Crippen LogP contribution in [0.3, 0.4) is 0 Å². The van der Waals surface area contributed by atoms with Crippen molar-refractivity contribution in [1.29, 1.82) is 0 Å². The Morgan fingerprint density at radius 2 is 2.00 bits per heavy atom. The van der Waals surface area contributed by atoms with E-state index in [1.807, 2.05) is 0 Å². The maximum Gasteiger partial charge on any atom is 0.425 e. The first-order valence-corrected chi connectivity index (χ1v) is 5.70. The van der Waals surface area contributed by atoms with Crippen molar-refractivity contribution in [3.05, 3.63) is 34.7 Å². The summed E-state index contributed by atoms with van der Waals surface area (Å²) in [4.78, 5) is 3.17. The van der Waals surface area contributed by atoms with Crippen LogP contribution in [0.15, 0.2) is 29.8 Å². The number of aromatic nitrogens is 1. The molecule has 7 heteroatoms. The first kappa shape index (κ1) is 12.7. The highest BCUT2D eigenvalue weighted by atomic mass is 32.1. The summed E-state index contributed by atoms with van der Waals surface area (Å²) in [5.74, 6) is 0.806. The largest absolute Gasteiger partial charge is 0.497 e. The molecule has 2 heterocycles. The van der Waals surface area contributed by atoms with Gasteiger partial charge in [0.1, 0.15) is 16.4 Å². The Balaban J connectivity index is 2.16. The summed E-state index contributed by atoms with van der Waals surface area (Å²) >= 11 is 0.577. The van der Waals surface area contributed by atoms with Crippen molar-refractivity contribution in [1.82, 2.24) is 4.98 Å². The molecule has 0 amide bonds.